The highest BCUT2D eigenvalue weighted by Gasteiger charge is 2.12. The number of hydrogen-bond donors (Lipinski definition) is 2. The van der Waals surface area contributed by atoms with Gasteiger partial charge in [0.1, 0.15) is 16.7 Å². The van der Waals surface area contributed by atoms with E-state index in [4.69, 9.17) is 38.4 Å². The molecule has 0 unspecified atom stereocenters. The Hall–Kier alpha value is -1.85. The molecule has 0 aliphatic carbocycles. The van der Waals surface area contributed by atoms with E-state index in [0.29, 0.717) is 38.9 Å². The second-order valence-corrected chi connectivity index (χ2v) is 4.68. The highest BCUT2D eigenvalue weighted by Crippen LogP contribution is 2.37. The number of halogens is 2. The van der Waals surface area contributed by atoms with Crippen molar-refractivity contribution in [2.24, 2.45) is 0 Å². The Labute approximate surface area is 126 Å². The van der Waals surface area contributed by atoms with Crippen LogP contribution in [0.4, 0.5) is 17.2 Å². The zero-order chi connectivity index (χ0) is 14.7. The van der Waals surface area contributed by atoms with Gasteiger partial charge >= 0.3 is 0 Å². The topological polar surface area (TPSA) is 69.4 Å². The van der Waals surface area contributed by atoms with Crippen molar-refractivity contribution in [1.29, 1.82) is 0 Å². The molecule has 1 aromatic carbocycles. The first kappa shape index (κ1) is 14.6. The third-order valence-electron chi connectivity index (χ3n) is 2.62. The van der Waals surface area contributed by atoms with Crippen LogP contribution in [0.25, 0.3) is 0 Å². The van der Waals surface area contributed by atoms with Gasteiger partial charge < -0.3 is 20.5 Å². The van der Waals surface area contributed by atoms with Crippen LogP contribution in [0.3, 0.4) is 0 Å². The number of rotatable bonds is 4. The van der Waals surface area contributed by atoms with Crippen molar-refractivity contribution in [3.63, 3.8) is 0 Å². The van der Waals surface area contributed by atoms with Crippen molar-refractivity contribution in [2.45, 2.75) is 0 Å². The summed E-state index contributed by atoms with van der Waals surface area (Å²) in [5, 5.41) is 3.81. The molecule has 0 fully saturated rings. The number of pyridine rings is 1. The number of nitrogens with one attached hydrogen (secondary N) is 1. The van der Waals surface area contributed by atoms with Gasteiger partial charge in [-0.05, 0) is 18.2 Å². The molecule has 0 aliphatic rings. The second-order valence-electron chi connectivity index (χ2n) is 3.88. The highest BCUT2D eigenvalue weighted by molar-refractivity contribution is 6.32. The number of hydrogen-bond acceptors (Lipinski definition) is 5. The van der Waals surface area contributed by atoms with Gasteiger partial charge in [-0.25, -0.2) is 4.98 Å². The maximum atomic E-state index is 6.10. The molecule has 3 N–H and O–H groups in total. The summed E-state index contributed by atoms with van der Waals surface area (Å²) in [7, 11) is 3.08. The fourth-order valence-corrected chi connectivity index (χ4v) is 2.02. The van der Waals surface area contributed by atoms with Crippen LogP contribution >= 0.6 is 23.2 Å². The van der Waals surface area contributed by atoms with E-state index in [0.717, 1.165) is 0 Å². The minimum Gasteiger partial charge on any atom is -0.495 e. The molecule has 0 amide bonds. The molecule has 20 heavy (non-hydrogen) atoms. The molecule has 2 rings (SSSR count). The van der Waals surface area contributed by atoms with Gasteiger partial charge in [-0.2, -0.15) is 0 Å². The number of aromatic nitrogens is 1. The molecule has 5 nitrogen and oxygen atoms in total. The zero-order valence-corrected chi connectivity index (χ0v) is 12.4. The van der Waals surface area contributed by atoms with Gasteiger partial charge in [0.05, 0.1) is 30.6 Å². The minimum absolute atomic E-state index is 0.334. The van der Waals surface area contributed by atoms with Crippen LogP contribution in [0.1, 0.15) is 0 Å². The SMILES string of the molecule is COc1cc(OC)c(Nc2nc(Cl)ccc2N)cc1Cl. The molecule has 0 saturated carbocycles. The molecule has 7 heteroatoms. The Morgan fingerprint density at radius 1 is 1.10 bits per heavy atom. The summed E-state index contributed by atoms with van der Waals surface area (Å²) in [6.07, 6.45) is 0. The molecule has 1 aromatic heterocycles. The van der Waals surface area contributed by atoms with Gasteiger partial charge in [-0.15, -0.1) is 0 Å². The Balaban J connectivity index is 2.42. The molecular weight excluding hydrogens is 301 g/mol. The van der Waals surface area contributed by atoms with Gasteiger partial charge in [0.2, 0.25) is 0 Å². The maximum Gasteiger partial charge on any atom is 0.155 e. The number of nitrogens with two attached hydrogens (primary N) is 1. The maximum absolute atomic E-state index is 6.10. The molecule has 2 aromatic rings. The van der Waals surface area contributed by atoms with Crippen LogP contribution in [0.15, 0.2) is 24.3 Å². The minimum atomic E-state index is 0.334. The van der Waals surface area contributed by atoms with E-state index in [2.05, 4.69) is 10.3 Å². The summed E-state index contributed by atoms with van der Waals surface area (Å²) in [6.45, 7) is 0. The van der Waals surface area contributed by atoms with Crippen molar-refractivity contribution in [3.05, 3.63) is 34.4 Å². The van der Waals surface area contributed by atoms with Gasteiger partial charge in [0, 0.05) is 6.07 Å². The Morgan fingerprint density at radius 2 is 1.80 bits per heavy atom. The van der Waals surface area contributed by atoms with E-state index in [-0.39, 0.29) is 0 Å². The van der Waals surface area contributed by atoms with E-state index in [1.807, 2.05) is 0 Å². The molecule has 106 valence electrons. The van der Waals surface area contributed by atoms with Crippen LogP contribution in [-0.2, 0) is 0 Å². The molecule has 1 heterocycles. The highest BCUT2D eigenvalue weighted by atomic mass is 35.5. The molecule has 0 spiro atoms. The van der Waals surface area contributed by atoms with E-state index in [9.17, 15) is 0 Å². The predicted octanol–water partition coefficient (Wildman–Crippen LogP) is 3.73. The van der Waals surface area contributed by atoms with Crippen LogP contribution in [0, 0.1) is 0 Å². The number of methoxy groups -OCH3 is 2. The summed E-state index contributed by atoms with van der Waals surface area (Å²) in [5.74, 6) is 1.49. The quantitative estimate of drug-likeness (QED) is 0.842. The number of anilines is 3. The molecule has 0 atom stereocenters. The van der Waals surface area contributed by atoms with E-state index >= 15 is 0 Å². The van der Waals surface area contributed by atoms with Crippen molar-refractivity contribution in [1.82, 2.24) is 4.98 Å². The third-order valence-corrected chi connectivity index (χ3v) is 3.13. The van der Waals surface area contributed by atoms with Crippen molar-refractivity contribution in [2.75, 3.05) is 25.3 Å². The van der Waals surface area contributed by atoms with Crippen LogP contribution < -0.4 is 20.5 Å². The van der Waals surface area contributed by atoms with E-state index in [1.165, 1.54) is 7.11 Å². The molecule has 0 aliphatic heterocycles. The second kappa shape index (κ2) is 6.07. The summed E-state index contributed by atoms with van der Waals surface area (Å²) in [4.78, 5) is 4.12. The van der Waals surface area contributed by atoms with Crippen LogP contribution in [0.5, 0.6) is 11.5 Å². The summed E-state index contributed by atoms with van der Waals surface area (Å²) >= 11 is 11.9. The van der Waals surface area contributed by atoms with Crippen molar-refractivity contribution < 1.29 is 9.47 Å². The number of ether oxygens (including phenoxy) is 2. The number of nitrogen functional groups attached to an aromatic ring is 1. The first-order valence-electron chi connectivity index (χ1n) is 5.65. The van der Waals surface area contributed by atoms with Crippen molar-refractivity contribution in [3.8, 4) is 11.5 Å². The fraction of sp³-hybridized carbons (Fsp3) is 0.154. The first-order valence-corrected chi connectivity index (χ1v) is 6.41. The summed E-state index contributed by atoms with van der Waals surface area (Å²) < 4.78 is 10.4. The van der Waals surface area contributed by atoms with Gasteiger partial charge in [0.15, 0.2) is 5.82 Å². The molecule has 0 radical (unpaired) electrons. The fourth-order valence-electron chi connectivity index (χ4n) is 1.63. The summed E-state index contributed by atoms with van der Waals surface area (Å²) in [5.41, 5.74) is 6.91. The molecular formula is C13H13Cl2N3O2. The van der Waals surface area contributed by atoms with E-state index in [1.54, 1.807) is 31.4 Å². The van der Waals surface area contributed by atoms with Crippen LogP contribution in [0.2, 0.25) is 10.2 Å². The number of benzene rings is 1. The zero-order valence-electron chi connectivity index (χ0n) is 10.9. The lowest BCUT2D eigenvalue weighted by atomic mass is 10.2. The first-order chi connectivity index (χ1) is 9.55. The van der Waals surface area contributed by atoms with Gasteiger partial charge in [-0.1, -0.05) is 23.2 Å². The lowest BCUT2D eigenvalue weighted by Gasteiger charge is -2.14. The Bertz CT molecular complexity index is 635. The number of nitrogens with zero attached hydrogens (tertiary/aromatic N) is 1. The smallest absolute Gasteiger partial charge is 0.155 e. The van der Waals surface area contributed by atoms with Gasteiger partial charge in [-0.3, -0.25) is 0 Å². The average molecular weight is 314 g/mol. The lowest BCUT2D eigenvalue weighted by molar-refractivity contribution is 0.396. The summed E-state index contributed by atoms with van der Waals surface area (Å²) in [6, 6.07) is 6.61. The lowest BCUT2D eigenvalue weighted by Crippen LogP contribution is -2.01. The van der Waals surface area contributed by atoms with Crippen molar-refractivity contribution >= 4 is 40.4 Å². The monoisotopic (exact) mass is 313 g/mol. The van der Waals surface area contributed by atoms with Crippen LogP contribution in [-0.4, -0.2) is 19.2 Å². The third kappa shape index (κ3) is 3.00. The Morgan fingerprint density at radius 3 is 2.45 bits per heavy atom. The van der Waals surface area contributed by atoms with E-state index < -0.39 is 0 Å². The predicted molar refractivity (Wildman–Crippen MR) is 81.5 cm³/mol. The normalized spacial score (nSPS) is 10.2. The van der Waals surface area contributed by atoms with Gasteiger partial charge in [0.25, 0.3) is 0 Å². The average Bonchev–Trinajstić information content (AvgIpc) is 2.43. The Kier molecular flexibility index (Phi) is 4.42. The largest absolute Gasteiger partial charge is 0.495 e. The molecule has 0 saturated heterocycles. The molecule has 0 bridgehead atoms. The standard InChI is InChI=1S/C13H13Cl2N3O2/c1-19-10-6-11(20-2)9(5-7(10)14)17-13-8(16)3-4-12(15)18-13/h3-6H,16H2,1-2H3,(H,17,18).